The molecule has 5 nitrogen and oxygen atoms in total. The van der Waals surface area contributed by atoms with E-state index in [2.05, 4.69) is 4.90 Å². The highest BCUT2D eigenvalue weighted by molar-refractivity contribution is 5.94. The van der Waals surface area contributed by atoms with Gasteiger partial charge in [0, 0.05) is 38.3 Å². The van der Waals surface area contributed by atoms with Crippen LogP contribution in [0.3, 0.4) is 0 Å². The van der Waals surface area contributed by atoms with E-state index < -0.39 is 0 Å². The van der Waals surface area contributed by atoms with Gasteiger partial charge in [-0.25, -0.2) is 0 Å². The van der Waals surface area contributed by atoms with Crippen molar-refractivity contribution in [3.63, 3.8) is 0 Å². The van der Waals surface area contributed by atoms with Crippen molar-refractivity contribution in [3.05, 3.63) is 35.9 Å². The lowest BCUT2D eigenvalue weighted by atomic mass is 9.85. The zero-order valence-corrected chi connectivity index (χ0v) is 14.7. The molecule has 5 heteroatoms. The molecular formula is C19H27N3O2. The summed E-state index contributed by atoms with van der Waals surface area (Å²) in [5.41, 5.74) is 0.732. The summed E-state index contributed by atoms with van der Waals surface area (Å²) in [6, 6.07) is 9.49. The van der Waals surface area contributed by atoms with Gasteiger partial charge in [0.2, 0.25) is 5.91 Å². The van der Waals surface area contributed by atoms with Gasteiger partial charge < -0.3 is 9.80 Å². The van der Waals surface area contributed by atoms with Crippen LogP contribution in [0.1, 0.15) is 36.0 Å². The van der Waals surface area contributed by atoms with Crippen molar-refractivity contribution < 1.29 is 9.59 Å². The van der Waals surface area contributed by atoms with Crippen LogP contribution in [0.4, 0.5) is 0 Å². The van der Waals surface area contributed by atoms with Gasteiger partial charge in [0.1, 0.15) is 0 Å². The van der Waals surface area contributed by atoms with Crippen LogP contribution in [-0.4, -0.2) is 72.3 Å². The summed E-state index contributed by atoms with van der Waals surface area (Å²) >= 11 is 0. The van der Waals surface area contributed by atoms with Crippen molar-refractivity contribution in [2.45, 2.75) is 31.2 Å². The minimum absolute atomic E-state index is 0.0195. The van der Waals surface area contributed by atoms with Crippen molar-refractivity contribution in [3.8, 4) is 0 Å². The predicted molar refractivity (Wildman–Crippen MR) is 93.8 cm³/mol. The van der Waals surface area contributed by atoms with E-state index in [0.29, 0.717) is 6.54 Å². The summed E-state index contributed by atoms with van der Waals surface area (Å²) in [4.78, 5) is 30.9. The second kappa shape index (κ2) is 6.93. The van der Waals surface area contributed by atoms with Crippen LogP contribution in [0, 0.1) is 0 Å². The minimum atomic E-state index is -0.0195. The van der Waals surface area contributed by atoms with Crippen LogP contribution in [0.5, 0.6) is 0 Å². The van der Waals surface area contributed by atoms with E-state index in [9.17, 15) is 9.59 Å². The highest BCUT2D eigenvalue weighted by Crippen LogP contribution is 2.37. The summed E-state index contributed by atoms with van der Waals surface area (Å²) in [5, 5.41) is 0. The fraction of sp³-hybridized carbons (Fsp3) is 0.579. The second-order valence-electron chi connectivity index (χ2n) is 7.23. The van der Waals surface area contributed by atoms with Crippen molar-refractivity contribution in [2.24, 2.45) is 0 Å². The Labute approximate surface area is 144 Å². The fourth-order valence-corrected chi connectivity index (χ4v) is 3.96. The Hall–Kier alpha value is -1.88. The summed E-state index contributed by atoms with van der Waals surface area (Å²) in [6.45, 7) is 2.93. The molecule has 0 unspecified atom stereocenters. The summed E-state index contributed by atoms with van der Waals surface area (Å²) in [7, 11) is 3.61. The maximum absolute atomic E-state index is 12.7. The fourth-order valence-electron chi connectivity index (χ4n) is 3.96. The Morgan fingerprint density at radius 2 is 1.83 bits per heavy atom. The predicted octanol–water partition coefficient (Wildman–Crippen LogP) is 1.85. The van der Waals surface area contributed by atoms with Crippen LogP contribution in [0.25, 0.3) is 0 Å². The lowest BCUT2D eigenvalue weighted by molar-refractivity contribution is -0.132. The Kier molecular flexibility index (Phi) is 4.90. The van der Waals surface area contributed by atoms with E-state index in [1.165, 1.54) is 6.42 Å². The van der Waals surface area contributed by atoms with Crippen LogP contribution < -0.4 is 0 Å². The number of benzene rings is 1. The number of rotatable bonds is 3. The van der Waals surface area contributed by atoms with Crippen LogP contribution in [0.15, 0.2) is 30.3 Å². The molecule has 1 aromatic carbocycles. The molecule has 2 aliphatic rings. The molecular weight excluding hydrogens is 302 g/mol. The first-order valence-electron chi connectivity index (χ1n) is 8.81. The van der Waals surface area contributed by atoms with Gasteiger partial charge in [0.05, 0.1) is 6.54 Å². The minimum Gasteiger partial charge on any atom is -0.348 e. The number of carbonyl (C=O) groups is 2. The van der Waals surface area contributed by atoms with E-state index in [0.717, 1.165) is 44.5 Å². The van der Waals surface area contributed by atoms with Gasteiger partial charge >= 0.3 is 0 Å². The first-order chi connectivity index (χ1) is 11.5. The van der Waals surface area contributed by atoms with E-state index in [1.807, 2.05) is 35.2 Å². The molecule has 1 spiro atoms. The van der Waals surface area contributed by atoms with Crippen molar-refractivity contribution in [2.75, 3.05) is 40.3 Å². The molecule has 24 heavy (non-hydrogen) atoms. The van der Waals surface area contributed by atoms with Gasteiger partial charge in [0.15, 0.2) is 0 Å². The Morgan fingerprint density at radius 3 is 2.54 bits per heavy atom. The first-order valence-corrected chi connectivity index (χ1v) is 8.81. The van der Waals surface area contributed by atoms with Crippen molar-refractivity contribution >= 4 is 11.8 Å². The third-order valence-corrected chi connectivity index (χ3v) is 5.46. The number of piperidine rings is 1. The quantitative estimate of drug-likeness (QED) is 0.850. The SMILES string of the molecule is CN(C)C(=O)CN1CCCC[C@]12CCN(C(=O)c1ccccc1)C2. The Bertz CT molecular complexity index is 602. The van der Waals surface area contributed by atoms with Crippen molar-refractivity contribution in [1.82, 2.24) is 14.7 Å². The van der Waals surface area contributed by atoms with Gasteiger partial charge in [0.25, 0.3) is 5.91 Å². The zero-order valence-electron chi connectivity index (χ0n) is 14.7. The lowest BCUT2D eigenvalue weighted by Crippen LogP contribution is -2.56. The van der Waals surface area contributed by atoms with Crippen LogP contribution in [0.2, 0.25) is 0 Å². The number of amides is 2. The molecule has 2 heterocycles. The molecule has 1 atom stereocenters. The molecule has 1 aromatic rings. The molecule has 2 amide bonds. The Balaban J connectivity index is 1.73. The zero-order chi connectivity index (χ0) is 17.2. The summed E-state index contributed by atoms with van der Waals surface area (Å²) in [5.74, 6) is 0.251. The third kappa shape index (κ3) is 3.31. The normalized spacial score (nSPS) is 24.3. The molecule has 0 saturated carbocycles. The number of likely N-dealkylation sites (N-methyl/N-ethyl adjacent to an activating group) is 1. The van der Waals surface area contributed by atoms with Gasteiger partial charge in [-0.05, 0) is 37.9 Å². The molecule has 0 radical (unpaired) electrons. The van der Waals surface area contributed by atoms with Crippen LogP contribution >= 0.6 is 0 Å². The Morgan fingerprint density at radius 1 is 1.08 bits per heavy atom. The average molecular weight is 329 g/mol. The average Bonchev–Trinajstić information content (AvgIpc) is 3.02. The van der Waals surface area contributed by atoms with Crippen LogP contribution in [-0.2, 0) is 4.79 Å². The highest BCUT2D eigenvalue weighted by atomic mass is 16.2. The van der Waals surface area contributed by atoms with Crippen molar-refractivity contribution in [1.29, 1.82) is 0 Å². The number of carbonyl (C=O) groups excluding carboxylic acids is 2. The second-order valence-corrected chi connectivity index (χ2v) is 7.23. The van der Waals surface area contributed by atoms with E-state index in [4.69, 9.17) is 0 Å². The number of hydrogen-bond acceptors (Lipinski definition) is 3. The van der Waals surface area contributed by atoms with E-state index >= 15 is 0 Å². The number of likely N-dealkylation sites (tertiary alicyclic amines) is 2. The molecule has 0 N–H and O–H groups in total. The van der Waals surface area contributed by atoms with Gasteiger partial charge in [-0.2, -0.15) is 0 Å². The van der Waals surface area contributed by atoms with E-state index in [1.54, 1.807) is 19.0 Å². The standard InChI is InChI=1S/C19H27N3O2/c1-20(2)17(23)14-22-12-7-6-10-19(22)11-13-21(15-19)18(24)16-8-4-3-5-9-16/h3-5,8-9H,6-7,10-15H2,1-2H3/t19-/m1/s1. The molecule has 2 aliphatic heterocycles. The maximum Gasteiger partial charge on any atom is 0.253 e. The lowest BCUT2D eigenvalue weighted by Gasteiger charge is -2.44. The maximum atomic E-state index is 12.7. The smallest absolute Gasteiger partial charge is 0.253 e. The monoisotopic (exact) mass is 329 g/mol. The first kappa shape index (κ1) is 17.0. The topological polar surface area (TPSA) is 43.9 Å². The largest absolute Gasteiger partial charge is 0.348 e. The molecule has 3 rings (SSSR count). The third-order valence-electron chi connectivity index (χ3n) is 5.46. The molecule has 0 aromatic heterocycles. The number of hydrogen-bond donors (Lipinski definition) is 0. The molecule has 2 fully saturated rings. The van der Waals surface area contributed by atoms with E-state index in [-0.39, 0.29) is 17.4 Å². The molecule has 0 aliphatic carbocycles. The summed E-state index contributed by atoms with van der Waals surface area (Å²) in [6.07, 6.45) is 4.35. The van der Waals surface area contributed by atoms with Gasteiger partial charge in [-0.15, -0.1) is 0 Å². The van der Waals surface area contributed by atoms with Gasteiger partial charge in [-0.3, -0.25) is 14.5 Å². The molecule has 0 bridgehead atoms. The molecule has 2 saturated heterocycles. The number of nitrogens with zero attached hydrogens (tertiary/aromatic N) is 3. The molecule has 130 valence electrons. The van der Waals surface area contributed by atoms with Gasteiger partial charge in [-0.1, -0.05) is 24.6 Å². The summed E-state index contributed by atoms with van der Waals surface area (Å²) < 4.78 is 0. The highest BCUT2D eigenvalue weighted by Gasteiger charge is 2.46.